The van der Waals surface area contributed by atoms with E-state index in [2.05, 4.69) is 16.0 Å². The molecule has 0 saturated carbocycles. The molecule has 0 aliphatic carbocycles. The van der Waals surface area contributed by atoms with Crippen LogP contribution in [0.4, 0.5) is 21.9 Å². The Kier molecular flexibility index (Phi) is 5.95. The van der Waals surface area contributed by atoms with E-state index in [0.717, 1.165) is 5.56 Å². The number of rotatable bonds is 5. The highest BCUT2D eigenvalue weighted by Gasteiger charge is 2.22. The molecule has 1 aliphatic rings. The summed E-state index contributed by atoms with van der Waals surface area (Å²) in [6.07, 6.45) is 0. The molecule has 1 heterocycles. The number of carbonyl (C=O) groups excluding carboxylic acids is 2. The number of methoxy groups -OCH3 is 3. The lowest BCUT2D eigenvalue weighted by Gasteiger charge is -2.15. The monoisotopic (exact) mass is 449 g/mol. The van der Waals surface area contributed by atoms with Gasteiger partial charge in [-0.15, -0.1) is 0 Å². The minimum atomic E-state index is -0.516. The van der Waals surface area contributed by atoms with Gasteiger partial charge in [0.1, 0.15) is 5.75 Å². The first-order valence-electron chi connectivity index (χ1n) is 10.0. The van der Waals surface area contributed by atoms with E-state index in [1.165, 1.54) is 21.3 Å². The number of aryl methyl sites for hydroxylation is 1. The van der Waals surface area contributed by atoms with Crippen molar-refractivity contribution in [1.82, 2.24) is 0 Å². The lowest BCUT2D eigenvalue weighted by molar-refractivity contribution is 0.102. The third kappa shape index (κ3) is 4.47. The molecule has 170 valence electrons. The zero-order valence-electron chi connectivity index (χ0n) is 18.6. The molecular formula is C24H23N3O6. The Morgan fingerprint density at radius 3 is 2.18 bits per heavy atom. The highest BCUT2D eigenvalue weighted by molar-refractivity contribution is 6.09. The Morgan fingerprint density at radius 2 is 1.52 bits per heavy atom. The number of urea groups is 1. The average molecular weight is 449 g/mol. The van der Waals surface area contributed by atoms with E-state index in [0.29, 0.717) is 51.4 Å². The summed E-state index contributed by atoms with van der Waals surface area (Å²) >= 11 is 0. The maximum Gasteiger partial charge on any atom is 0.323 e. The van der Waals surface area contributed by atoms with Crippen LogP contribution in [0.5, 0.6) is 28.7 Å². The fourth-order valence-corrected chi connectivity index (χ4v) is 3.46. The van der Waals surface area contributed by atoms with E-state index in [-0.39, 0.29) is 5.91 Å². The van der Waals surface area contributed by atoms with Crippen LogP contribution in [-0.2, 0) is 0 Å². The van der Waals surface area contributed by atoms with Gasteiger partial charge in [0.15, 0.2) is 17.2 Å². The van der Waals surface area contributed by atoms with Crippen LogP contribution in [0.1, 0.15) is 15.9 Å². The fraction of sp³-hybridized carbons (Fsp3) is 0.167. The molecule has 4 rings (SSSR count). The van der Waals surface area contributed by atoms with Crippen LogP contribution >= 0.6 is 0 Å². The maximum absolute atomic E-state index is 12.8. The Morgan fingerprint density at radius 1 is 0.848 bits per heavy atom. The molecule has 9 heteroatoms. The third-order valence-corrected chi connectivity index (χ3v) is 5.01. The lowest BCUT2D eigenvalue weighted by atomic mass is 10.1. The number of nitrogens with one attached hydrogen (secondary N) is 3. The van der Waals surface area contributed by atoms with Crippen molar-refractivity contribution >= 4 is 29.0 Å². The number of hydrogen-bond donors (Lipinski definition) is 3. The molecule has 3 amide bonds. The van der Waals surface area contributed by atoms with Crippen molar-refractivity contribution in [3.8, 4) is 28.7 Å². The summed E-state index contributed by atoms with van der Waals surface area (Å²) in [7, 11) is 4.48. The standard InChI is InChI=1S/C24H23N3O6/c1-13-5-7-19-17(9-13)27-23(28)16-10-14(6-8-18(16)33-19)25-24(29)26-15-11-20(30-2)22(32-4)21(12-15)31-3/h5-12H,1-4H3,(H,27,28)(H2,25,26,29). The Bertz CT molecular complexity index is 1220. The van der Waals surface area contributed by atoms with Crippen LogP contribution in [0, 0.1) is 6.92 Å². The van der Waals surface area contributed by atoms with Gasteiger partial charge >= 0.3 is 6.03 Å². The minimum Gasteiger partial charge on any atom is -0.493 e. The van der Waals surface area contributed by atoms with Crippen LogP contribution in [0.15, 0.2) is 48.5 Å². The van der Waals surface area contributed by atoms with E-state index in [1.54, 1.807) is 36.4 Å². The van der Waals surface area contributed by atoms with Gasteiger partial charge in [-0.25, -0.2) is 4.79 Å². The summed E-state index contributed by atoms with van der Waals surface area (Å²) in [4.78, 5) is 25.4. The van der Waals surface area contributed by atoms with E-state index in [9.17, 15) is 9.59 Å². The van der Waals surface area contributed by atoms with Crippen molar-refractivity contribution < 1.29 is 28.5 Å². The quantitative estimate of drug-likeness (QED) is 0.505. The second-order valence-corrected chi connectivity index (χ2v) is 7.26. The van der Waals surface area contributed by atoms with Crippen LogP contribution in [0.2, 0.25) is 0 Å². The first-order valence-corrected chi connectivity index (χ1v) is 10.0. The number of carbonyl (C=O) groups is 2. The van der Waals surface area contributed by atoms with Gasteiger partial charge < -0.3 is 34.9 Å². The normalized spacial score (nSPS) is 11.7. The zero-order chi connectivity index (χ0) is 23.5. The number of anilines is 3. The molecule has 0 unspecified atom stereocenters. The predicted molar refractivity (Wildman–Crippen MR) is 124 cm³/mol. The fourth-order valence-electron chi connectivity index (χ4n) is 3.46. The van der Waals surface area contributed by atoms with Gasteiger partial charge in [-0.3, -0.25) is 4.79 Å². The molecule has 3 N–H and O–H groups in total. The molecule has 0 spiro atoms. The smallest absolute Gasteiger partial charge is 0.323 e. The Hall–Kier alpha value is -4.40. The number of ether oxygens (including phenoxy) is 4. The highest BCUT2D eigenvalue weighted by Crippen LogP contribution is 2.40. The van der Waals surface area contributed by atoms with Gasteiger partial charge in [0.2, 0.25) is 5.75 Å². The van der Waals surface area contributed by atoms with E-state index in [1.807, 2.05) is 19.1 Å². The van der Waals surface area contributed by atoms with Gasteiger partial charge in [-0.2, -0.15) is 0 Å². The van der Waals surface area contributed by atoms with Crippen molar-refractivity contribution in [2.75, 3.05) is 37.3 Å². The summed E-state index contributed by atoms with van der Waals surface area (Å²) in [5.41, 5.74) is 2.73. The number of fused-ring (bicyclic) bond motifs is 2. The van der Waals surface area contributed by atoms with Crippen LogP contribution < -0.4 is 34.9 Å². The largest absolute Gasteiger partial charge is 0.493 e. The Labute approximate surface area is 190 Å². The van der Waals surface area contributed by atoms with Gasteiger partial charge in [0, 0.05) is 17.8 Å². The number of hydrogen-bond acceptors (Lipinski definition) is 6. The van der Waals surface area contributed by atoms with Crippen molar-refractivity contribution in [3.63, 3.8) is 0 Å². The van der Waals surface area contributed by atoms with Crippen molar-refractivity contribution in [1.29, 1.82) is 0 Å². The molecule has 9 nitrogen and oxygen atoms in total. The van der Waals surface area contributed by atoms with Crippen LogP contribution in [0.25, 0.3) is 0 Å². The highest BCUT2D eigenvalue weighted by atomic mass is 16.5. The van der Waals surface area contributed by atoms with Crippen LogP contribution in [-0.4, -0.2) is 33.3 Å². The molecule has 0 atom stereocenters. The average Bonchev–Trinajstić information content (AvgIpc) is 2.93. The van der Waals surface area contributed by atoms with E-state index in [4.69, 9.17) is 18.9 Å². The van der Waals surface area contributed by atoms with E-state index >= 15 is 0 Å². The molecule has 0 bridgehead atoms. The third-order valence-electron chi connectivity index (χ3n) is 5.01. The Balaban J connectivity index is 1.53. The molecule has 3 aromatic rings. The van der Waals surface area contributed by atoms with Gasteiger partial charge in [-0.05, 0) is 42.8 Å². The topological polar surface area (TPSA) is 107 Å². The van der Waals surface area contributed by atoms with Crippen molar-refractivity contribution in [3.05, 3.63) is 59.7 Å². The van der Waals surface area contributed by atoms with Gasteiger partial charge in [0.05, 0.1) is 38.3 Å². The van der Waals surface area contributed by atoms with Gasteiger partial charge in [0.25, 0.3) is 5.91 Å². The predicted octanol–water partition coefficient (Wildman–Crippen LogP) is 5.02. The summed E-state index contributed by atoms with van der Waals surface area (Å²) < 4.78 is 21.8. The molecule has 0 saturated heterocycles. The summed E-state index contributed by atoms with van der Waals surface area (Å²) in [6, 6.07) is 13.1. The molecule has 0 fully saturated rings. The lowest BCUT2D eigenvalue weighted by Crippen LogP contribution is -2.20. The van der Waals surface area contributed by atoms with Crippen LogP contribution in [0.3, 0.4) is 0 Å². The second-order valence-electron chi connectivity index (χ2n) is 7.26. The molecule has 0 aromatic heterocycles. The SMILES string of the molecule is COc1cc(NC(=O)Nc2ccc3c(c2)C(=O)Nc2cc(C)ccc2O3)cc(OC)c1OC. The number of benzene rings is 3. The number of amides is 3. The molecule has 33 heavy (non-hydrogen) atoms. The second kappa shape index (κ2) is 8.99. The van der Waals surface area contributed by atoms with E-state index < -0.39 is 6.03 Å². The first-order chi connectivity index (χ1) is 15.9. The molecular weight excluding hydrogens is 426 g/mol. The zero-order valence-corrected chi connectivity index (χ0v) is 18.6. The van der Waals surface area contributed by atoms with Crippen molar-refractivity contribution in [2.45, 2.75) is 6.92 Å². The summed E-state index contributed by atoms with van der Waals surface area (Å²) in [6.45, 7) is 1.93. The first kappa shape index (κ1) is 21.8. The molecule has 3 aromatic carbocycles. The molecule has 1 aliphatic heterocycles. The van der Waals surface area contributed by atoms with Gasteiger partial charge in [-0.1, -0.05) is 6.07 Å². The van der Waals surface area contributed by atoms with Crippen molar-refractivity contribution in [2.24, 2.45) is 0 Å². The summed E-state index contributed by atoms with van der Waals surface area (Å²) in [5.74, 6) is 1.84. The summed E-state index contributed by atoms with van der Waals surface area (Å²) in [5, 5.41) is 8.28. The molecule has 0 radical (unpaired) electrons. The minimum absolute atomic E-state index is 0.300. The maximum atomic E-state index is 12.8.